The van der Waals surface area contributed by atoms with Crippen LogP contribution in [0.25, 0.3) is 44.1 Å². The molecule has 12 rings (SSSR count). The number of aromatic nitrogens is 2. The number of hydrogen-bond acceptors (Lipinski definition) is 13. The first-order valence-electron chi connectivity index (χ1n) is 35.5. The zero-order chi connectivity index (χ0) is 74.8. The van der Waals surface area contributed by atoms with E-state index >= 15 is 0 Å². The Kier molecular flexibility index (Phi) is 25.7. The molecule has 4 saturated heterocycles. The van der Waals surface area contributed by atoms with Gasteiger partial charge < -0.3 is 55.7 Å². The van der Waals surface area contributed by atoms with Crippen LogP contribution < -0.4 is 36.9 Å². The number of carbonyl (C=O) groups excluding carboxylic acids is 3. The van der Waals surface area contributed by atoms with E-state index in [1.165, 1.54) is 24.3 Å². The smallest absolute Gasteiger partial charge is 0.444 e. The number of ether oxygens (including phenoxy) is 3. The topological polar surface area (TPSA) is 193 Å². The van der Waals surface area contributed by atoms with Gasteiger partial charge in [-0.25, -0.2) is 4.79 Å². The second-order valence-corrected chi connectivity index (χ2v) is 30.2. The first kappa shape index (κ1) is 78.7. The summed E-state index contributed by atoms with van der Waals surface area (Å²) < 4.78 is 95.0. The van der Waals surface area contributed by atoms with Crippen molar-refractivity contribution in [2.45, 2.75) is 128 Å². The highest BCUT2D eigenvalue weighted by molar-refractivity contribution is 6.36. The summed E-state index contributed by atoms with van der Waals surface area (Å²) in [5.41, 5.74) is 19.8. The van der Waals surface area contributed by atoms with Gasteiger partial charge >= 0.3 is 18.8 Å². The summed E-state index contributed by atoms with van der Waals surface area (Å²) in [4.78, 5) is 49.6. The van der Waals surface area contributed by atoms with Gasteiger partial charge in [0.1, 0.15) is 17.1 Å². The van der Waals surface area contributed by atoms with Crippen molar-refractivity contribution >= 4 is 86.1 Å². The van der Waals surface area contributed by atoms with Crippen LogP contribution in [0, 0.1) is 0 Å². The van der Waals surface area contributed by atoms with Crippen LogP contribution in [0.3, 0.4) is 0 Å². The summed E-state index contributed by atoms with van der Waals surface area (Å²) in [5.74, 6) is -0.922. The van der Waals surface area contributed by atoms with E-state index < -0.39 is 35.5 Å². The van der Waals surface area contributed by atoms with E-state index in [4.69, 9.17) is 62.6 Å². The molecule has 7 N–H and O–H groups in total. The fourth-order valence-electron chi connectivity index (χ4n) is 13.9. The SMILES string of the molecule is CC(C)(C)OC(=O)N1CCC(N)(C(=O)NCCCn2cc(-c3ccc(OC(F)(F)F)cc3)c3cc(CN4CCN(Cc5c(Cl)cccc5Cl)CC4)ccc32)CC1.NC1(C(=O)NCCCn2cc(-c3ccc(OC(F)(F)F)cc3)c3cc(CN4CCN(Cc5c(Cl)cccc5Cl)CC4)ccc32)CCNCC1. The molecule has 0 radical (unpaired) electrons. The monoisotopic (exact) mass is 1530 g/mol. The molecule has 0 atom stereocenters. The normalized spacial score (nSPS) is 17.1. The third-order valence-corrected chi connectivity index (χ3v) is 21.2. The van der Waals surface area contributed by atoms with Crippen molar-refractivity contribution in [2.24, 2.45) is 11.5 Å². The van der Waals surface area contributed by atoms with Gasteiger partial charge in [0.25, 0.3) is 0 Å². The molecule has 28 heteroatoms. The van der Waals surface area contributed by atoms with E-state index in [0.29, 0.717) is 111 Å². The summed E-state index contributed by atoms with van der Waals surface area (Å²) in [6.07, 6.45) is -2.76. The van der Waals surface area contributed by atoms with Crippen molar-refractivity contribution in [3.05, 3.63) is 176 Å². The Morgan fingerprint density at radius 3 is 1.22 bits per heavy atom. The van der Waals surface area contributed by atoms with Crippen molar-refractivity contribution < 1.29 is 54.9 Å². The molecule has 564 valence electrons. The van der Waals surface area contributed by atoms with Crippen LogP contribution in [0.2, 0.25) is 20.1 Å². The molecule has 4 aliphatic heterocycles. The summed E-state index contributed by atoms with van der Waals surface area (Å²) in [6, 6.07) is 35.8. The van der Waals surface area contributed by atoms with Crippen LogP contribution in [-0.4, -0.2) is 173 Å². The number of fused-ring (bicyclic) bond motifs is 2. The fourth-order valence-corrected chi connectivity index (χ4v) is 15.0. The third-order valence-electron chi connectivity index (χ3n) is 19.7. The van der Waals surface area contributed by atoms with Gasteiger partial charge in [-0.2, -0.15) is 0 Å². The number of piperidine rings is 2. The predicted molar refractivity (Wildman–Crippen MR) is 400 cm³/mol. The number of nitrogens with one attached hydrogen (secondary N) is 3. The van der Waals surface area contributed by atoms with Crippen LogP contribution >= 0.6 is 46.4 Å². The summed E-state index contributed by atoms with van der Waals surface area (Å²) >= 11 is 25.7. The van der Waals surface area contributed by atoms with E-state index in [-0.39, 0.29) is 23.3 Å². The highest BCUT2D eigenvalue weighted by Gasteiger charge is 2.40. The minimum atomic E-state index is -4.78. The Morgan fingerprint density at radius 1 is 0.495 bits per heavy atom. The molecule has 0 bridgehead atoms. The molecule has 6 aromatic carbocycles. The highest BCUT2D eigenvalue weighted by Crippen LogP contribution is 2.38. The molecular formula is C77H90Cl4F6N12O6. The van der Waals surface area contributed by atoms with Gasteiger partial charge in [0, 0.05) is 194 Å². The van der Waals surface area contributed by atoms with Crippen molar-refractivity contribution in [3.63, 3.8) is 0 Å². The van der Waals surface area contributed by atoms with Crippen molar-refractivity contribution in [1.29, 1.82) is 0 Å². The number of piperazine rings is 2. The molecule has 0 spiro atoms. The van der Waals surface area contributed by atoms with Crippen molar-refractivity contribution in [3.8, 4) is 33.8 Å². The number of rotatable bonds is 22. The molecule has 18 nitrogen and oxygen atoms in total. The second-order valence-electron chi connectivity index (χ2n) is 28.6. The quantitative estimate of drug-likeness (QED) is 0.0318. The lowest BCUT2D eigenvalue weighted by atomic mass is 9.88. The molecule has 3 amide bonds. The molecule has 0 saturated carbocycles. The predicted octanol–water partition coefficient (Wildman–Crippen LogP) is 14.5. The maximum absolute atomic E-state index is 13.2. The zero-order valence-corrected chi connectivity index (χ0v) is 62.1. The minimum Gasteiger partial charge on any atom is -0.444 e. The van der Waals surface area contributed by atoms with Crippen LogP contribution in [0.5, 0.6) is 11.5 Å². The van der Waals surface area contributed by atoms with Gasteiger partial charge in [-0.15, -0.1) is 26.3 Å². The lowest BCUT2D eigenvalue weighted by molar-refractivity contribution is -0.275. The molecule has 2 aromatic heterocycles. The molecule has 8 aromatic rings. The molecule has 0 aliphatic carbocycles. The van der Waals surface area contributed by atoms with E-state index in [1.54, 1.807) is 29.2 Å². The van der Waals surface area contributed by atoms with Crippen molar-refractivity contribution in [2.75, 3.05) is 91.6 Å². The Balaban J connectivity index is 0.000000212. The summed E-state index contributed by atoms with van der Waals surface area (Å²) in [6.45, 7) is 19.5. The van der Waals surface area contributed by atoms with Gasteiger partial charge in [0.15, 0.2) is 0 Å². The Labute approximate surface area is 628 Å². The van der Waals surface area contributed by atoms with Crippen LogP contribution in [-0.2, 0) is 53.6 Å². The largest absolute Gasteiger partial charge is 0.573 e. The first-order valence-corrected chi connectivity index (χ1v) is 37.0. The average molecular weight is 1540 g/mol. The number of nitrogens with zero attached hydrogens (tertiary/aromatic N) is 7. The maximum Gasteiger partial charge on any atom is 0.573 e. The van der Waals surface area contributed by atoms with Crippen LogP contribution in [0.15, 0.2) is 134 Å². The number of nitrogens with two attached hydrogens (primary N) is 2. The standard InChI is InChI=1S/C41H49Cl2F3N6O4.C36H41Cl2F3N6O2/c1-39(2,3)56-38(54)51-18-14-40(47,15-19-51)37(53)48-16-5-17-52-27-32(29-9-11-30(12-10-29)55-41(44,45)46)31-24-28(8-13-36(31)52)25-49-20-22-50(23-21-49)26-33-34(42)6-4-7-35(33)43;37-31-3-1-4-32(38)30(31)23-46-19-17-45(18-20-46)22-25-5-10-33-28(21-25)29(26-6-8-27(9-7-26)49-36(39,40)41)24-47(33)16-2-13-44-34(48)35(42)11-14-43-15-12-35/h4,6-13,24,27H,5,14-23,25-26,47H2,1-3H3,(H,48,53);1,3-10,21,24,43H,2,11-20,22-23,42H2,(H,44,48). The molecule has 0 unspecified atom stereocenters. The van der Waals surface area contributed by atoms with Gasteiger partial charge in [-0.1, -0.05) is 94.9 Å². The number of likely N-dealkylation sites (tertiary alicyclic amines) is 1. The van der Waals surface area contributed by atoms with Gasteiger partial charge in [0.2, 0.25) is 11.8 Å². The Morgan fingerprint density at radius 2 is 0.857 bits per heavy atom. The number of halogens is 10. The van der Waals surface area contributed by atoms with E-state index in [0.717, 1.165) is 145 Å². The summed E-state index contributed by atoms with van der Waals surface area (Å²) in [5, 5.41) is 13.9. The minimum absolute atomic E-state index is 0.119. The van der Waals surface area contributed by atoms with Crippen LogP contribution in [0.4, 0.5) is 31.1 Å². The van der Waals surface area contributed by atoms with Gasteiger partial charge in [-0.05, 0) is 167 Å². The lowest BCUT2D eigenvalue weighted by Gasteiger charge is -2.38. The first-order chi connectivity index (χ1) is 49.9. The molecular weight excluding hydrogens is 1440 g/mol. The van der Waals surface area contributed by atoms with E-state index in [1.807, 2.05) is 69.6 Å². The fraction of sp³-hybridized carbons (Fsp3) is 0.442. The van der Waals surface area contributed by atoms with E-state index in [9.17, 15) is 40.7 Å². The zero-order valence-electron chi connectivity index (χ0n) is 59.1. The third kappa shape index (κ3) is 21.3. The highest BCUT2D eigenvalue weighted by atomic mass is 35.5. The van der Waals surface area contributed by atoms with Gasteiger partial charge in [-0.3, -0.25) is 29.2 Å². The average Bonchev–Trinajstić information content (AvgIpc) is 1.64. The number of amides is 3. The number of benzene rings is 6. The number of carbonyl (C=O) groups is 3. The Bertz CT molecular complexity index is 4250. The van der Waals surface area contributed by atoms with Gasteiger partial charge in [0.05, 0.1) is 11.1 Å². The number of alkyl halides is 6. The maximum atomic E-state index is 13.2. The van der Waals surface area contributed by atoms with E-state index in [2.05, 4.69) is 90.6 Å². The summed E-state index contributed by atoms with van der Waals surface area (Å²) in [7, 11) is 0. The number of aryl methyl sites for hydroxylation is 2. The molecule has 4 aliphatic rings. The molecule has 4 fully saturated rings. The Hall–Kier alpha value is -7.33. The lowest BCUT2D eigenvalue weighted by Crippen LogP contribution is -2.60. The van der Waals surface area contributed by atoms with Crippen LogP contribution in [0.1, 0.15) is 81.5 Å². The number of hydrogen-bond donors (Lipinski definition) is 5. The van der Waals surface area contributed by atoms with Crippen molar-refractivity contribution in [1.82, 2.24) is 49.6 Å². The molecule has 6 heterocycles. The molecule has 105 heavy (non-hydrogen) atoms. The second kappa shape index (κ2) is 34.3.